The SMILES string of the molecule is CCC(C(=O)Nc1c(C)nn(Cc2c(C)nn(C)c2C)c1C)n1nc(C(F)(F)F)c2c1CCC2. The van der Waals surface area contributed by atoms with Crippen LogP contribution in [0.1, 0.15) is 71.1 Å². The molecule has 0 fully saturated rings. The Labute approximate surface area is 196 Å². The van der Waals surface area contributed by atoms with Gasteiger partial charge in [0.15, 0.2) is 5.69 Å². The molecular formula is C23H30F3N7O. The third-order valence-corrected chi connectivity index (χ3v) is 6.81. The Balaban J connectivity index is 1.62. The van der Waals surface area contributed by atoms with Crippen LogP contribution >= 0.6 is 0 Å². The lowest BCUT2D eigenvalue weighted by Gasteiger charge is -2.18. The Morgan fingerprint density at radius 1 is 1.06 bits per heavy atom. The maximum absolute atomic E-state index is 13.5. The summed E-state index contributed by atoms with van der Waals surface area (Å²) >= 11 is 0. The van der Waals surface area contributed by atoms with Crippen LogP contribution in [0.4, 0.5) is 18.9 Å². The third-order valence-electron chi connectivity index (χ3n) is 6.81. The topological polar surface area (TPSA) is 82.6 Å². The van der Waals surface area contributed by atoms with Gasteiger partial charge in [0.2, 0.25) is 5.91 Å². The van der Waals surface area contributed by atoms with Crippen molar-refractivity contribution in [1.29, 1.82) is 0 Å². The number of fused-ring (bicyclic) bond motifs is 1. The molecule has 1 atom stereocenters. The molecule has 4 rings (SSSR count). The molecule has 0 aromatic carbocycles. The minimum atomic E-state index is -4.54. The molecule has 1 unspecified atom stereocenters. The van der Waals surface area contributed by atoms with E-state index in [0.29, 0.717) is 49.3 Å². The summed E-state index contributed by atoms with van der Waals surface area (Å²) in [6.45, 7) is 9.89. The van der Waals surface area contributed by atoms with Crippen LogP contribution < -0.4 is 5.32 Å². The van der Waals surface area contributed by atoms with Gasteiger partial charge in [-0.25, -0.2) is 0 Å². The monoisotopic (exact) mass is 477 g/mol. The number of carbonyl (C=O) groups is 1. The number of nitrogens with one attached hydrogen (secondary N) is 1. The lowest BCUT2D eigenvalue weighted by atomic mass is 10.1. The number of halogens is 3. The Morgan fingerprint density at radius 3 is 2.35 bits per heavy atom. The van der Waals surface area contributed by atoms with E-state index >= 15 is 0 Å². The molecule has 8 nitrogen and oxygen atoms in total. The van der Waals surface area contributed by atoms with Gasteiger partial charge in [-0.1, -0.05) is 6.92 Å². The minimum Gasteiger partial charge on any atom is -0.321 e. The number of hydrogen-bond donors (Lipinski definition) is 1. The van der Waals surface area contributed by atoms with Gasteiger partial charge in [0.1, 0.15) is 6.04 Å². The van der Waals surface area contributed by atoms with E-state index in [1.165, 1.54) is 4.68 Å². The van der Waals surface area contributed by atoms with Gasteiger partial charge in [0.25, 0.3) is 0 Å². The summed E-state index contributed by atoms with van der Waals surface area (Å²) in [6, 6.07) is -0.840. The van der Waals surface area contributed by atoms with Crippen LogP contribution in [0.2, 0.25) is 0 Å². The summed E-state index contributed by atoms with van der Waals surface area (Å²) < 4.78 is 45.5. The highest BCUT2D eigenvalue weighted by molar-refractivity contribution is 5.94. The van der Waals surface area contributed by atoms with Gasteiger partial charge in [-0.15, -0.1) is 0 Å². The second kappa shape index (κ2) is 8.59. The van der Waals surface area contributed by atoms with Crippen molar-refractivity contribution in [1.82, 2.24) is 29.3 Å². The molecule has 1 amide bonds. The Hall–Kier alpha value is -3.11. The lowest BCUT2D eigenvalue weighted by Crippen LogP contribution is -2.28. The lowest BCUT2D eigenvalue weighted by molar-refractivity contribution is -0.142. The smallest absolute Gasteiger partial charge is 0.321 e. The number of alkyl halides is 3. The fourth-order valence-corrected chi connectivity index (χ4v) is 4.85. The van der Waals surface area contributed by atoms with Crippen molar-refractivity contribution < 1.29 is 18.0 Å². The molecule has 0 radical (unpaired) electrons. The zero-order valence-electron chi connectivity index (χ0n) is 20.3. The van der Waals surface area contributed by atoms with Crippen LogP contribution in [-0.4, -0.2) is 35.2 Å². The van der Waals surface area contributed by atoms with Crippen molar-refractivity contribution in [2.75, 3.05) is 5.32 Å². The summed E-state index contributed by atoms with van der Waals surface area (Å²) in [5, 5.41) is 15.8. The predicted molar refractivity (Wildman–Crippen MR) is 121 cm³/mol. The first-order valence-corrected chi connectivity index (χ1v) is 11.4. The quantitative estimate of drug-likeness (QED) is 0.577. The Bertz CT molecular complexity index is 1250. The van der Waals surface area contributed by atoms with E-state index in [0.717, 1.165) is 22.6 Å². The molecular weight excluding hydrogens is 447 g/mol. The summed E-state index contributed by atoms with van der Waals surface area (Å²) in [6.07, 6.45) is -2.77. The number of hydrogen-bond acceptors (Lipinski definition) is 4. The average molecular weight is 478 g/mol. The Kier molecular flexibility index (Phi) is 6.07. The standard InChI is InChI=1S/C23H30F3N7O/c1-7-18(33-19-10-8-9-16(19)21(30-33)23(24,25)26)22(34)27-20-13(3)29-32(15(20)5)11-17-12(2)28-31(6)14(17)4/h18H,7-11H2,1-6H3,(H,27,34). The van der Waals surface area contributed by atoms with E-state index in [-0.39, 0.29) is 5.56 Å². The largest absolute Gasteiger partial charge is 0.435 e. The number of carbonyl (C=O) groups excluding carboxylic acids is 1. The normalized spacial score (nSPS) is 14.5. The van der Waals surface area contributed by atoms with Gasteiger partial charge >= 0.3 is 6.18 Å². The molecule has 34 heavy (non-hydrogen) atoms. The summed E-state index contributed by atoms with van der Waals surface area (Å²) in [5.41, 5.74) is 4.86. The highest BCUT2D eigenvalue weighted by Crippen LogP contribution is 2.38. The van der Waals surface area contributed by atoms with E-state index in [1.807, 2.05) is 37.2 Å². The van der Waals surface area contributed by atoms with E-state index in [9.17, 15) is 18.0 Å². The van der Waals surface area contributed by atoms with Crippen LogP contribution in [0.15, 0.2) is 0 Å². The number of aromatic nitrogens is 6. The summed E-state index contributed by atoms with van der Waals surface area (Å²) in [7, 11) is 1.89. The number of nitrogens with zero attached hydrogens (tertiary/aromatic N) is 6. The van der Waals surface area contributed by atoms with Crippen molar-refractivity contribution in [3.63, 3.8) is 0 Å². The number of aryl methyl sites for hydroxylation is 3. The van der Waals surface area contributed by atoms with Crippen molar-refractivity contribution >= 4 is 11.6 Å². The molecule has 0 bridgehead atoms. The van der Waals surface area contributed by atoms with E-state index in [4.69, 9.17) is 0 Å². The average Bonchev–Trinajstić information content (AvgIpc) is 3.47. The molecule has 0 saturated heterocycles. The van der Waals surface area contributed by atoms with Gasteiger partial charge in [0, 0.05) is 29.6 Å². The second-order valence-corrected chi connectivity index (χ2v) is 8.96. The predicted octanol–water partition coefficient (Wildman–Crippen LogP) is 4.19. The first-order chi connectivity index (χ1) is 15.9. The van der Waals surface area contributed by atoms with Crippen LogP contribution in [0.5, 0.6) is 0 Å². The zero-order chi connectivity index (χ0) is 24.9. The first kappa shape index (κ1) is 24.0. The molecule has 3 heterocycles. The fraction of sp³-hybridized carbons (Fsp3) is 0.565. The first-order valence-electron chi connectivity index (χ1n) is 11.4. The van der Waals surface area contributed by atoms with E-state index in [2.05, 4.69) is 20.6 Å². The summed E-state index contributed by atoms with van der Waals surface area (Å²) in [5.74, 6) is -0.395. The highest BCUT2D eigenvalue weighted by atomic mass is 19.4. The molecule has 1 aliphatic rings. The van der Waals surface area contributed by atoms with Gasteiger partial charge < -0.3 is 5.32 Å². The van der Waals surface area contributed by atoms with Crippen molar-refractivity contribution in [2.45, 2.75) is 79.1 Å². The molecule has 3 aromatic heterocycles. The summed E-state index contributed by atoms with van der Waals surface area (Å²) in [4.78, 5) is 13.3. The number of amides is 1. The number of anilines is 1. The molecule has 0 aliphatic heterocycles. The van der Waals surface area contributed by atoms with Gasteiger partial charge in [-0.3, -0.25) is 18.8 Å². The van der Waals surface area contributed by atoms with Gasteiger partial charge in [-0.2, -0.15) is 28.5 Å². The van der Waals surface area contributed by atoms with Gasteiger partial charge in [-0.05, 0) is 53.4 Å². The molecule has 1 N–H and O–H groups in total. The fourth-order valence-electron chi connectivity index (χ4n) is 4.85. The molecule has 0 saturated carbocycles. The molecule has 184 valence electrons. The maximum atomic E-state index is 13.5. The minimum absolute atomic E-state index is 0.223. The maximum Gasteiger partial charge on any atom is 0.435 e. The highest BCUT2D eigenvalue weighted by Gasteiger charge is 2.41. The van der Waals surface area contributed by atoms with Crippen molar-refractivity contribution in [3.05, 3.63) is 45.3 Å². The molecule has 11 heteroatoms. The van der Waals surface area contributed by atoms with Crippen LogP contribution in [0.3, 0.4) is 0 Å². The van der Waals surface area contributed by atoms with E-state index in [1.54, 1.807) is 13.8 Å². The Morgan fingerprint density at radius 2 is 1.76 bits per heavy atom. The molecule has 3 aromatic rings. The van der Waals surface area contributed by atoms with Crippen LogP contribution in [0, 0.1) is 27.7 Å². The van der Waals surface area contributed by atoms with Gasteiger partial charge in [0.05, 0.1) is 29.3 Å². The van der Waals surface area contributed by atoms with Crippen molar-refractivity contribution in [3.8, 4) is 0 Å². The molecule has 0 spiro atoms. The van der Waals surface area contributed by atoms with Crippen LogP contribution in [-0.2, 0) is 37.4 Å². The third kappa shape index (κ3) is 4.01. The second-order valence-electron chi connectivity index (χ2n) is 8.96. The van der Waals surface area contributed by atoms with Crippen LogP contribution in [0.25, 0.3) is 0 Å². The van der Waals surface area contributed by atoms with Crippen molar-refractivity contribution in [2.24, 2.45) is 7.05 Å². The van der Waals surface area contributed by atoms with E-state index < -0.39 is 23.8 Å². The zero-order valence-corrected chi connectivity index (χ0v) is 20.3. The molecule has 1 aliphatic carbocycles. The number of rotatable bonds is 6.